The number of thiophene rings is 1. The van der Waals surface area contributed by atoms with Gasteiger partial charge in [0.1, 0.15) is 22.4 Å². The highest BCUT2D eigenvalue weighted by atomic mass is 32.1. The Bertz CT molecular complexity index is 1470. The molecule has 1 amide bonds. The third-order valence-electron chi connectivity index (χ3n) is 6.30. The number of ether oxygens (including phenoxy) is 2. The van der Waals surface area contributed by atoms with Crippen LogP contribution < -0.4 is 20.3 Å². The van der Waals surface area contributed by atoms with E-state index >= 15 is 0 Å². The van der Waals surface area contributed by atoms with E-state index < -0.39 is 6.04 Å². The summed E-state index contributed by atoms with van der Waals surface area (Å²) >= 11 is 1.49. The molecular formula is C27H29N3O4S. The monoisotopic (exact) mass is 491 g/mol. The van der Waals surface area contributed by atoms with E-state index in [2.05, 4.69) is 36.3 Å². The van der Waals surface area contributed by atoms with Gasteiger partial charge in [0.2, 0.25) is 5.91 Å². The van der Waals surface area contributed by atoms with Crippen LogP contribution in [0.5, 0.6) is 11.5 Å². The predicted octanol–water partition coefficient (Wildman–Crippen LogP) is 5.66. The van der Waals surface area contributed by atoms with Crippen LogP contribution in [0.2, 0.25) is 0 Å². The van der Waals surface area contributed by atoms with Gasteiger partial charge in [0.05, 0.1) is 31.6 Å². The first-order valence-corrected chi connectivity index (χ1v) is 12.2. The zero-order chi connectivity index (χ0) is 25.3. The number of aryl methyl sites for hydroxylation is 3. The molecule has 2 aromatic carbocycles. The number of hydrogen-bond acceptors (Lipinski definition) is 6. The summed E-state index contributed by atoms with van der Waals surface area (Å²) in [4.78, 5) is 33.4. The van der Waals surface area contributed by atoms with Crippen LogP contribution in [0.25, 0.3) is 21.3 Å². The zero-order valence-electron chi connectivity index (χ0n) is 20.8. The second-order valence-electron chi connectivity index (χ2n) is 8.45. The number of benzene rings is 2. The maximum Gasteiger partial charge on any atom is 0.263 e. The minimum atomic E-state index is -0.747. The summed E-state index contributed by atoms with van der Waals surface area (Å²) in [7, 11) is 3.09. The minimum absolute atomic E-state index is 0.229. The zero-order valence-corrected chi connectivity index (χ0v) is 21.6. The molecule has 8 heteroatoms. The number of rotatable bonds is 7. The van der Waals surface area contributed by atoms with E-state index in [0.717, 1.165) is 21.6 Å². The van der Waals surface area contributed by atoms with Gasteiger partial charge in [-0.25, -0.2) is 4.98 Å². The van der Waals surface area contributed by atoms with Gasteiger partial charge < -0.3 is 14.8 Å². The van der Waals surface area contributed by atoms with Crippen molar-refractivity contribution in [1.82, 2.24) is 9.55 Å². The summed E-state index contributed by atoms with van der Waals surface area (Å²) in [5.74, 6) is 0.753. The van der Waals surface area contributed by atoms with E-state index in [0.29, 0.717) is 33.8 Å². The van der Waals surface area contributed by atoms with Crippen LogP contribution in [0.15, 0.2) is 47.5 Å². The quantitative estimate of drug-likeness (QED) is 0.361. The molecule has 0 aliphatic rings. The molecule has 0 fully saturated rings. The topological polar surface area (TPSA) is 82.4 Å². The van der Waals surface area contributed by atoms with E-state index in [-0.39, 0.29) is 11.5 Å². The van der Waals surface area contributed by atoms with Crippen molar-refractivity contribution >= 4 is 33.1 Å². The van der Waals surface area contributed by atoms with Gasteiger partial charge >= 0.3 is 0 Å². The van der Waals surface area contributed by atoms with Gasteiger partial charge in [-0.1, -0.05) is 25.1 Å². The van der Waals surface area contributed by atoms with Gasteiger partial charge in [-0.3, -0.25) is 14.2 Å². The van der Waals surface area contributed by atoms with Crippen LogP contribution in [0, 0.1) is 20.8 Å². The van der Waals surface area contributed by atoms with E-state index in [1.165, 1.54) is 34.9 Å². The maximum atomic E-state index is 13.8. The van der Waals surface area contributed by atoms with Crippen LogP contribution in [0.4, 0.5) is 5.69 Å². The molecule has 4 aromatic rings. The molecule has 1 N–H and O–H groups in total. The van der Waals surface area contributed by atoms with E-state index in [1.54, 1.807) is 25.3 Å². The molecule has 0 saturated heterocycles. The molecule has 0 aliphatic carbocycles. The lowest BCUT2D eigenvalue weighted by molar-refractivity contribution is -0.119. The number of nitrogens with one attached hydrogen (secondary N) is 1. The van der Waals surface area contributed by atoms with E-state index in [9.17, 15) is 9.59 Å². The van der Waals surface area contributed by atoms with Crippen LogP contribution >= 0.6 is 11.3 Å². The summed E-state index contributed by atoms with van der Waals surface area (Å²) in [6.45, 7) is 7.99. The highest BCUT2D eigenvalue weighted by molar-refractivity contribution is 7.19. The van der Waals surface area contributed by atoms with Crippen molar-refractivity contribution in [3.8, 4) is 22.6 Å². The number of nitrogens with zero attached hydrogens (tertiary/aromatic N) is 2. The van der Waals surface area contributed by atoms with Gasteiger partial charge in [-0.05, 0) is 56.0 Å². The maximum absolute atomic E-state index is 13.8. The fourth-order valence-electron chi connectivity index (χ4n) is 4.22. The molecule has 2 heterocycles. The SMILES string of the molecule is CCC(C(=O)Nc1cc(OC)ccc1OC)n1cnc2sc(C)c(-c3ccc(C)c(C)c3)c2c1=O. The number of methoxy groups -OCH3 is 2. The van der Waals surface area contributed by atoms with Crippen molar-refractivity contribution in [3.63, 3.8) is 0 Å². The molecule has 1 atom stereocenters. The molecule has 0 bridgehead atoms. The summed E-state index contributed by atoms with van der Waals surface area (Å²) in [6, 6.07) is 10.6. The van der Waals surface area contributed by atoms with E-state index in [4.69, 9.17) is 9.47 Å². The van der Waals surface area contributed by atoms with Crippen molar-refractivity contribution < 1.29 is 14.3 Å². The van der Waals surface area contributed by atoms with Crippen molar-refractivity contribution in [2.24, 2.45) is 0 Å². The smallest absolute Gasteiger partial charge is 0.263 e. The highest BCUT2D eigenvalue weighted by Gasteiger charge is 2.25. The third-order valence-corrected chi connectivity index (χ3v) is 7.31. The number of carbonyl (C=O) groups excluding carboxylic acids is 1. The second-order valence-corrected chi connectivity index (χ2v) is 9.65. The Kier molecular flexibility index (Phi) is 6.93. The summed E-state index contributed by atoms with van der Waals surface area (Å²) < 4.78 is 12.1. The molecule has 2 aromatic heterocycles. The molecule has 7 nitrogen and oxygen atoms in total. The standard InChI is InChI=1S/C27H29N3O4S/c1-7-21(25(31)29-20-13-19(33-5)10-11-22(20)34-6)30-14-28-26-24(27(30)32)23(17(4)35-26)18-9-8-15(2)16(3)12-18/h8-14,21H,7H2,1-6H3,(H,29,31). The fraction of sp³-hybridized carbons (Fsp3) is 0.296. The number of aromatic nitrogens is 2. The van der Waals surface area contributed by atoms with Crippen molar-refractivity contribution in [2.45, 2.75) is 40.2 Å². The van der Waals surface area contributed by atoms with E-state index in [1.807, 2.05) is 19.9 Å². The summed E-state index contributed by atoms with van der Waals surface area (Å²) in [5, 5.41) is 3.44. The highest BCUT2D eigenvalue weighted by Crippen LogP contribution is 2.36. The molecule has 4 rings (SSSR count). The van der Waals surface area contributed by atoms with Gasteiger partial charge in [-0.2, -0.15) is 0 Å². The molecule has 35 heavy (non-hydrogen) atoms. The average Bonchev–Trinajstić information content (AvgIpc) is 3.19. The Morgan fingerprint density at radius 1 is 1.09 bits per heavy atom. The Hall–Kier alpha value is -3.65. The molecule has 0 saturated carbocycles. The normalized spacial score (nSPS) is 11.9. The number of amides is 1. The van der Waals surface area contributed by atoms with Gasteiger partial charge in [0.15, 0.2) is 0 Å². The van der Waals surface area contributed by atoms with Crippen molar-refractivity contribution in [1.29, 1.82) is 0 Å². The molecule has 0 spiro atoms. The first-order chi connectivity index (χ1) is 16.8. The molecule has 182 valence electrons. The molecular weight excluding hydrogens is 462 g/mol. The number of carbonyl (C=O) groups is 1. The lowest BCUT2D eigenvalue weighted by atomic mass is 9.99. The Balaban J connectivity index is 1.79. The number of fused-ring (bicyclic) bond motifs is 1. The van der Waals surface area contributed by atoms with Crippen molar-refractivity contribution in [2.75, 3.05) is 19.5 Å². The number of hydrogen-bond donors (Lipinski definition) is 1. The lowest BCUT2D eigenvalue weighted by Gasteiger charge is -2.19. The summed E-state index contributed by atoms with van der Waals surface area (Å²) in [6.07, 6.45) is 1.88. The van der Waals surface area contributed by atoms with Crippen LogP contribution in [-0.4, -0.2) is 29.7 Å². The van der Waals surface area contributed by atoms with Crippen LogP contribution in [0.3, 0.4) is 0 Å². The predicted molar refractivity (Wildman–Crippen MR) is 141 cm³/mol. The molecule has 1 unspecified atom stereocenters. The number of anilines is 1. The Morgan fingerprint density at radius 2 is 1.86 bits per heavy atom. The van der Waals surface area contributed by atoms with Crippen molar-refractivity contribution in [3.05, 3.63) is 69.1 Å². The Labute approximate surface area is 208 Å². The fourth-order valence-corrected chi connectivity index (χ4v) is 5.22. The van der Waals surface area contributed by atoms with Gasteiger partial charge in [-0.15, -0.1) is 11.3 Å². The minimum Gasteiger partial charge on any atom is -0.497 e. The third kappa shape index (κ3) is 4.53. The molecule has 0 radical (unpaired) electrons. The lowest BCUT2D eigenvalue weighted by Crippen LogP contribution is -2.33. The van der Waals surface area contributed by atoms with Gasteiger partial charge in [0.25, 0.3) is 5.56 Å². The average molecular weight is 492 g/mol. The summed E-state index contributed by atoms with van der Waals surface area (Å²) in [5.41, 5.74) is 4.45. The van der Waals surface area contributed by atoms with Crippen LogP contribution in [-0.2, 0) is 4.79 Å². The largest absolute Gasteiger partial charge is 0.497 e. The first-order valence-electron chi connectivity index (χ1n) is 11.4. The van der Waals surface area contributed by atoms with Gasteiger partial charge in [0, 0.05) is 16.5 Å². The Morgan fingerprint density at radius 3 is 2.51 bits per heavy atom. The second kappa shape index (κ2) is 9.92. The van der Waals surface area contributed by atoms with Crippen LogP contribution in [0.1, 0.15) is 35.4 Å². The first kappa shape index (κ1) is 24.5. The molecule has 0 aliphatic heterocycles.